The number of piperidine rings is 1. The third-order valence-corrected chi connectivity index (χ3v) is 6.91. The zero-order valence-electron chi connectivity index (χ0n) is 17.5. The van der Waals surface area contributed by atoms with Crippen molar-refractivity contribution in [2.75, 3.05) is 31.2 Å². The number of carbonyl (C=O) groups is 1. The Morgan fingerprint density at radius 2 is 1.79 bits per heavy atom. The average Bonchev–Trinajstić information content (AvgIpc) is 3.23. The van der Waals surface area contributed by atoms with Crippen LogP contribution in [0.5, 0.6) is 0 Å². The predicted octanol–water partition coefficient (Wildman–Crippen LogP) is 2.04. The first-order chi connectivity index (χ1) is 13.7. The van der Waals surface area contributed by atoms with Gasteiger partial charge in [-0.3, -0.25) is 9.69 Å². The van der Waals surface area contributed by atoms with E-state index < -0.39 is 10.0 Å². The highest BCUT2D eigenvalue weighted by molar-refractivity contribution is 7.88. The monoisotopic (exact) mass is 421 g/mol. The number of hydrogen-bond donors (Lipinski definition) is 2. The second-order valence-corrected chi connectivity index (χ2v) is 10.1. The van der Waals surface area contributed by atoms with Gasteiger partial charge in [-0.05, 0) is 45.1 Å². The summed E-state index contributed by atoms with van der Waals surface area (Å²) >= 11 is 0. The molecule has 9 heteroatoms. The standard InChI is InChI=1S/C20H31N5O3S/c1-14-15(2)25(17-6-4-5-7-17)20(18(14)12-21)22-19(26)13-24-10-8-16(9-11-24)23-29(3,27)28/h16-17,23H,4-11,13H2,1-3H3,(H,22,26). The average molecular weight is 422 g/mol. The van der Waals surface area contributed by atoms with Crippen molar-refractivity contribution in [2.24, 2.45) is 0 Å². The van der Waals surface area contributed by atoms with Crippen LogP contribution in [0, 0.1) is 25.2 Å². The van der Waals surface area contributed by atoms with Gasteiger partial charge < -0.3 is 9.88 Å². The Kier molecular flexibility index (Phi) is 6.66. The molecule has 2 fully saturated rings. The maximum atomic E-state index is 12.8. The molecule has 2 N–H and O–H groups in total. The molecule has 29 heavy (non-hydrogen) atoms. The van der Waals surface area contributed by atoms with Gasteiger partial charge in [-0.2, -0.15) is 5.26 Å². The molecule has 0 aromatic carbocycles. The van der Waals surface area contributed by atoms with E-state index in [9.17, 15) is 18.5 Å². The van der Waals surface area contributed by atoms with E-state index >= 15 is 0 Å². The number of nitrogens with zero attached hydrogens (tertiary/aromatic N) is 3. The van der Waals surface area contributed by atoms with Crippen molar-refractivity contribution in [3.05, 3.63) is 16.8 Å². The van der Waals surface area contributed by atoms with Crippen molar-refractivity contribution in [2.45, 2.75) is 64.5 Å². The lowest BCUT2D eigenvalue weighted by molar-refractivity contribution is -0.117. The smallest absolute Gasteiger partial charge is 0.239 e. The van der Waals surface area contributed by atoms with Crippen LogP contribution in [-0.4, -0.2) is 55.7 Å². The molecule has 2 aliphatic rings. The molecule has 1 aromatic rings. The minimum Gasteiger partial charge on any atom is -0.327 e. The Labute approximate surface area is 173 Å². The number of carbonyl (C=O) groups excluding carboxylic acids is 1. The number of sulfonamides is 1. The summed E-state index contributed by atoms with van der Waals surface area (Å²) in [6, 6.07) is 2.54. The molecule has 3 rings (SSSR count). The Morgan fingerprint density at radius 1 is 1.17 bits per heavy atom. The normalized spacial score (nSPS) is 19.4. The van der Waals surface area contributed by atoms with Crippen LogP contribution in [0.2, 0.25) is 0 Å². The van der Waals surface area contributed by atoms with E-state index in [4.69, 9.17) is 0 Å². The molecule has 1 saturated heterocycles. The minimum absolute atomic E-state index is 0.0700. The molecule has 160 valence electrons. The SMILES string of the molecule is Cc1c(C#N)c(NC(=O)CN2CCC(NS(C)(=O)=O)CC2)n(C2CCCC2)c1C. The van der Waals surface area contributed by atoms with Crippen LogP contribution >= 0.6 is 0 Å². The number of likely N-dealkylation sites (tertiary alicyclic amines) is 1. The maximum absolute atomic E-state index is 12.8. The van der Waals surface area contributed by atoms with Crippen LogP contribution in [0.1, 0.15) is 61.4 Å². The van der Waals surface area contributed by atoms with E-state index in [1.807, 2.05) is 18.7 Å². The second kappa shape index (κ2) is 8.86. The molecular weight excluding hydrogens is 390 g/mol. The number of nitrogens with one attached hydrogen (secondary N) is 2. The highest BCUT2D eigenvalue weighted by atomic mass is 32.2. The summed E-state index contributed by atoms with van der Waals surface area (Å²) in [5.41, 5.74) is 2.54. The van der Waals surface area contributed by atoms with Gasteiger partial charge in [0.1, 0.15) is 11.9 Å². The summed E-state index contributed by atoms with van der Waals surface area (Å²) in [5.74, 6) is 0.501. The first-order valence-electron chi connectivity index (χ1n) is 10.3. The number of nitriles is 1. The van der Waals surface area contributed by atoms with Crippen molar-refractivity contribution in [3.8, 4) is 6.07 Å². The zero-order chi connectivity index (χ0) is 21.2. The Bertz CT molecular complexity index is 902. The summed E-state index contributed by atoms with van der Waals surface area (Å²) < 4.78 is 27.5. The van der Waals surface area contributed by atoms with E-state index in [1.54, 1.807) is 0 Å². The van der Waals surface area contributed by atoms with Gasteiger partial charge >= 0.3 is 0 Å². The fraction of sp³-hybridized carbons (Fsp3) is 0.700. The molecule has 1 saturated carbocycles. The Morgan fingerprint density at radius 3 is 2.34 bits per heavy atom. The molecule has 8 nitrogen and oxygen atoms in total. The molecular formula is C20H31N5O3S. The van der Waals surface area contributed by atoms with Gasteiger partial charge in [0.25, 0.3) is 0 Å². The fourth-order valence-electron chi connectivity index (χ4n) is 4.59. The van der Waals surface area contributed by atoms with Gasteiger partial charge in [-0.1, -0.05) is 12.8 Å². The fourth-order valence-corrected chi connectivity index (χ4v) is 5.43. The molecule has 1 amide bonds. The number of amides is 1. The predicted molar refractivity (Wildman–Crippen MR) is 112 cm³/mol. The quantitative estimate of drug-likeness (QED) is 0.731. The highest BCUT2D eigenvalue weighted by Crippen LogP contribution is 2.37. The van der Waals surface area contributed by atoms with Crippen molar-refractivity contribution in [1.82, 2.24) is 14.2 Å². The lowest BCUT2D eigenvalue weighted by atomic mass is 10.1. The summed E-state index contributed by atoms with van der Waals surface area (Å²) in [6.45, 7) is 5.52. The topological polar surface area (TPSA) is 107 Å². The Balaban J connectivity index is 1.65. The molecule has 1 aliphatic carbocycles. The highest BCUT2D eigenvalue weighted by Gasteiger charge is 2.28. The maximum Gasteiger partial charge on any atom is 0.239 e. The molecule has 0 spiro atoms. The lowest BCUT2D eigenvalue weighted by Crippen LogP contribution is -2.46. The van der Waals surface area contributed by atoms with Crippen LogP contribution < -0.4 is 10.0 Å². The number of anilines is 1. The summed E-state index contributed by atoms with van der Waals surface area (Å²) in [5, 5.41) is 12.7. The van der Waals surface area contributed by atoms with Crippen molar-refractivity contribution in [3.63, 3.8) is 0 Å². The van der Waals surface area contributed by atoms with Gasteiger partial charge in [0.05, 0.1) is 18.4 Å². The van der Waals surface area contributed by atoms with E-state index in [-0.39, 0.29) is 18.5 Å². The van der Waals surface area contributed by atoms with E-state index in [2.05, 4.69) is 20.7 Å². The first kappa shape index (κ1) is 21.8. The summed E-state index contributed by atoms with van der Waals surface area (Å²) in [7, 11) is -3.21. The number of hydrogen-bond acceptors (Lipinski definition) is 5. The molecule has 0 radical (unpaired) electrons. The zero-order valence-corrected chi connectivity index (χ0v) is 18.3. The van der Waals surface area contributed by atoms with Crippen LogP contribution in [-0.2, 0) is 14.8 Å². The van der Waals surface area contributed by atoms with Crippen molar-refractivity contribution < 1.29 is 13.2 Å². The van der Waals surface area contributed by atoms with Gasteiger partial charge in [0.2, 0.25) is 15.9 Å². The van der Waals surface area contributed by atoms with E-state index in [0.29, 0.717) is 43.4 Å². The summed E-state index contributed by atoms with van der Waals surface area (Å²) in [6.07, 6.45) is 7.02. The van der Waals surface area contributed by atoms with E-state index in [1.165, 1.54) is 19.1 Å². The molecule has 0 bridgehead atoms. The minimum atomic E-state index is -3.21. The van der Waals surface area contributed by atoms with Crippen LogP contribution in [0.15, 0.2) is 0 Å². The van der Waals surface area contributed by atoms with Crippen LogP contribution in [0.3, 0.4) is 0 Å². The first-order valence-corrected chi connectivity index (χ1v) is 12.2. The van der Waals surface area contributed by atoms with Crippen molar-refractivity contribution in [1.29, 1.82) is 5.26 Å². The largest absolute Gasteiger partial charge is 0.327 e. The molecule has 1 aromatic heterocycles. The lowest BCUT2D eigenvalue weighted by Gasteiger charge is -2.31. The Hall–Kier alpha value is -1.89. The number of rotatable bonds is 6. The van der Waals surface area contributed by atoms with Gasteiger partial charge in [-0.25, -0.2) is 13.1 Å². The summed E-state index contributed by atoms with van der Waals surface area (Å²) in [4.78, 5) is 14.8. The molecule has 0 unspecified atom stereocenters. The molecule has 0 atom stereocenters. The molecule has 2 heterocycles. The second-order valence-electron chi connectivity index (χ2n) is 8.34. The third-order valence-electron chi connectivity index (χ3n) is 6.15. The van der Waals surface area contributed by atoms with Crippen LogP contribution in [0.4, 0.5) is 5.82 Å². The molecule has 1 aliphatic heterocycles. The van der Waals surface area contributed by atoms with Gasteiger partial charge in [0.15, 0.2) is 0 Å². The third kappa shape index (κ3) is 5.18. The van der Waals surface area contributed by atoms with Crippen molar-refractivity contribution >= 4 is 21.7 Å². The van der Waals surface area contributed by atoms with Gasteiger partial charge in [0, 0.05) is 30.9 Å². The van der Waals surface area contributed by atoms with E-state index in [0.717, 1.165) is 24.1 Å². The van der Waals surface area contributed by atoms with Crippen LogP contribution in [0.25, 0.3) is 0 Å². The van der Waals surface area contributed by atoms with Gasteiger partial charge in [-0.15, -0.1) is 0 Å². The number of aromatic nitrogens is 1.